The second-order valence-electron chi connectivity index (χ2n) is 6.00. The molecule has 1 saturated carbocycles. The van der Waals surface area contributed by atoms with Crippen LogP contribution in [-0.4, -0.2) is 32.9 Å². The summed E-state index contributed by atoms with van der Waals surface area (Å²) in [6, 6.07) is 9.62. The fraction of sp³-hybridized carbons (Fsp3) is 0.412. The molecule has 2 aromatic rings. The van der Waals surface area contributed by atoms with E-state index in [0.717, 1.165) is 36.9 Å². The van der Waals surface area contributed by atoms with E-state index in [9.17, 15) is 9.90 Å². The van der Waals surface area contributed by atoms with Gasteiger partial charge in [-0.25, -0.2) is 4.68 Å². The highest BCUT2D eigenvalue weighted by Crippen LogP contribution is 2.28. The molecule has 0 radical (unpaired) electrons. The quantitative estimate of drug-likeness (QED) is 0.885. The van der Waals surface area contributed by atoms with Crippen molar-refractivity contribution in [1.29, 1.82) is 0 Å². The predicted octanol–water partition coefficient (Wildman–Crippen LogP) is 1.84. The van der Waals surface area contributed by atoms with Crippen LogP contribution in [0, 0.1) is 0 Å². The van der Waals surface area contributed by atoms with Crippen molar-refractivity contribution in [1.82, 2.24) is 15.1 Å². The van der Waals surface area contributed by atoms with E-state index in [1.54, 1.807) is 10.9 Å². The summed E-state index contributed by atoms with van der Waals surface area (Å²) >= 11 is 0. The Labute approximate surface area is 130 Å². The molecule has 0 aliphatic heterocycles. The van der Waals surface area contributed by atoms with Crippen LogP contribution < -0.4 is 5.32 Å². The monoisotopic (exact) mass is 299 g/mol. The first-order valence-electron chi connectivity index (χ1n) is 7.73. The third kappa shape index (κ3) is 3.54. The van der Waals surface area contributed by atoms with E-state index in [-0.39, 0.29) is 5.91 Å². The van der Waals surface area contributed by atoms with Gasteiger partial charge in [0.1, 0.15) is 0 Å². The lowest BCUT2D eigenvalue weighted by Crippen LogP contribution is -2.41. The van der Waals surface area contributed by atoms with Crippen LogP contribution in [0.2, 0.25) is 0 Å². The number of nitrogens with zero attached hydrogens (tertiary/aromatic N) is 2. The predicted molar refractivity (Wildman–Crippen MR) is 83.7 cm³/mol. The van der Waals surface area contributed by atoms with Gasteiger partial charge in [0.2, 0.25) is 5.91 Å². The number of carbonyl (C=O) groups excluding carboxylic acids is 1. The largest absolute Gasteiger partial charge is 0.388 e. The molecule has 0 saturated heterocycles. The first-order valence-corrected chi connectivity index (χ1v) is 7.73. The molecule has 0 atom stereocenters. The van der Waals surface area contributed by atoms with Crippen molar-refractivity contribution in [3.8, 4) is 5.69 Å². The fourth-order valence-corrected chi connectivity index (χ4v) is 2.91. The van der Waals surface area contributed by atoms with Crippen molar-refractivity contribution >= 4 is 5.91 Å². The standard InChI is InChI=1S/C17H21N3O2/c21-16(18-13-17(22)8-1-2-9-17)12-14-4-6-15(7-5-14)20-11-3-10-19-20/h3-7,10-11,22H,1-2,8-9,12-13H2,(H,18,21). The van der Waals surface area contributed by atoms with E-state index in [2.05, 4.69) is 10.4 Å². The van der Waals surface area contributed by atoms with Crippen LogP contribution in [0.3, 0.4) is 0 Å². The second-order valence-corrected chi connectivity index (χ2v) is 6.00. The van der Waals surface area contributed by atoms with Gasteiger partial charge in [-0.2, -0.15) is 5.10 Å². The van der Waals surface area contributed by atoms with E-state index < -0.39 is 5.60 Å². The highest BCUT2D eigenvalue weighted by Gasteiger charge is 2.31. The zero-order chi connectivity index (χ0) is 15.4. The normalized spacial score (nSPS) is 16.6. The van der Waals surface area contributed by atoms with Crippen LogP contribution in [0.1, 0.15) is 31.2 Å². The zero-order valence-electron chi connectivity index (χ0n) is 12.5. The van der Waals surface area contributed by atoms with E-state index >= 15 is 0 Å². The average molecular weight is 299 g/mol. The highest BCUT2D eigenvalue weighted by molar-refractivity contribution is 5.78. The Morgan fingerprint density at radius 1 is 1.27 bits per heavy atom. The molecule has 1 amide bonds. The number of rotatable bonds is 5. The molecule has 1 aromatic heterocycles. The minimum Gasteiger partial charge on any atom is -0.388 e. The van der Waals surface area contributed by atoms with Crippen LogP contribution >= 0.6 is 0 Å². The Bertz CT molecular complexity index is 614. The van der Waals surface area contributed by atoms with Gasteiger partial charge < -0.3 is 10.4 Å². The van der Waals surface area contributed by atoms with Crippen LogP contribution in [0.15, 0.2) is 42.7 Å². The van der Waals surface area contributed by atoms with Gasteiger partial charge in [-0.1, -0.05) is 25.0 Å². The number of benzene rings is 1. The lowest BCUT2D eigenvalue weighted by Gasteiger charge is -2.22. The number of amides is 1. The summed E-state index contributed by atoms with van der Waals surface area (Å²) in [5.41, 5.74) is 1.22. The van der Waals surface area contributed by atoms with Crippen LogP contribution in [0.5, 0.6) is 0 Å². The third-order valence-electron chi connectivity index (χ3n) is 4.22. The van der Waals surface area contributed by atoms with Crippen LogP contribution in [-0.2, 0) is 11.2 Å². The lowest BCUT2D eigenvalue weighted by molar-refractivity contribution is -0.121. The zero-order valence-corrected chi connectivity index (χ0v) is 12.5. The molecule has 0 bridgehead atoms. The summed E-state index contributed by atoms with van der Waals surface area (Å²) in [5.74, 6) is -0.0489. The van der Waals surface area contributed by atoms with Crippen LogP contribution in [0.4, 0.5) is 0 Å². The fourth-order valence-electron chi connectivity index (χ4n) is 2.91. The molecule has 22 heavy (non-hydrogen) atoms. The number of hydrogen-bond acceptors (Lipinski definition) is 3. The maximum atomic E-state index is 12.0. The molecule has 0 spiro atoms. The minimum absolute atomic E-state index is 0.0489. The average Bonchev–Trinajstić information content (AvgIpc) is 3.18. The number of nitrogens with one attached hydrogen (secondary N) is 1. The van der Waals surface area contributed by atoms with Crippen molar-refractivity contribution in [2.45, 2.75) is 37.7 Å². The van der Waals surface area contributed by atoms with Gasteiger partial charge in [0, 0.05) is 18.9 Å². The molecule has 5 heteroatoms. The molecule has 1 fully saturated rings. The van der Waals surface area contributed by atoms with Crippen LogP contribution in [0.25, 0.3) is 5.69 Å². The molecular formula is C17H21N3O2. The summed E-state index contributed by atoms with van der Waals surface area (Å²) in [4.78, 5) is 12.0. The summed E-state index contributed by atoms with van der Waals surface area (Å²) in [5, 5.41) is 17.2. The Balaban J connectivity index is 1.53. The molecule has 2 N–H and O–H groups in total. The van der Waals surface area contributed by atoms with Gasteiger partial charge in [-0.3, -0.25) is 4.79 Å². The first kappa shape index (κ1) is 14.8. The SMILES string of the molecule is O=C(Cc1ccc(-n2cccn2)cc1)NCC1(O)CCCC1. The van der Waals surface area contributed by atoms with Gasteiger partial charge >= 0.3 is 0 Å². The third-order valence-corrected chi connectivity index (χ3v) is 4.22. The van der Waals surface area contributed by atoms with Crippen molar-refractivity contribution in [3.63, 3.8) is 0 Å². The summed E-state index contributed by atoms with van der Waals surface area (Å²) < 4.78 is 1.78. The smallest absolute Gasteiger partial charge is 0.224 e. The Morgan fingerprint density at radius 2 is 2.00 bits per heavy atom. The maximum absolute atomic E-state index is 12.0. The van der Waals surface area contributed by atoms with Gasteiger partial charge in [-0.15, -0.1) is 0 Å². The van der Waals surface area contributed by atoms with Gasteiger partial charge in [0.25, 0.3) is 0 Å². The topological polar surface area (TPSA) is 67.2 Å². The van der Waals surface area contributed by atoms with Crippen molar-refractivity contribution in [2.75, 3.05) is 6.54 Å². The van der Waals surface area contributed by atoms with Crippen molar-refractivity contribution in [3.05, 3.63) is 48.3 Å². The molecule has 5 nitrogen and oxygen atoms in total. The molecule has 1 heterocycles. The van der Waals surface area contributed by atoms with E-state index in [4.69, 9.17) is 0 Å². The summed E-state index contributed by atoms with van der Waals surface area (Å²) in [7, 11) is 0. The first-order chi connectivity index (χ1) is 10.6. The molecule has 3 rings (SSSR count). The minimum atomic E-state index is -0.695. The number of aromatic nitrogens is 2. The second kappa shape index (κ2) is 6.32. The highest BCUT2D eigenvalue weighted by atomic mass is 16.3. The number of aliphatic hydroxyl groups is 1. The summed E-state index contributed by atoms with van der Waals surface area (Å²) in [6.07, 6.45) is 7.59. The summed E-state index contributed by atoms with van der Waals surface area (Å²) in [6.45, 7) is 0.358. The molecule has 116 valence electrons. The molecular weight excluding hydrogens is 278 g/mol. The number of carbonyl (C=O) groups is 1. The molecule has 1 aliphatic rings. The molecule has 1 aliphatic carbocycles. The Hall–Kier alpha value is -2.14. The molecule has 1 aromatic carbocycles. The van der Waals surface area contributed by atoms with Crippen molar-refractivity contribution in [2.24, 2.45) is 0 Å². The van der Waals surface area contributed by atoms with Gasteiger partial charge in [-0.05, 0) is 36.6 Å². The number of hydrogen-bond donors (Lipinski definition) is 2. The lowest BCUT2D eigenvalue weighted by atomic mass is 10.0. The van der Waals surface area contributed by atoms with Crippen molar-refractivity contribution < 1.29 is 9.90 Å². The van der Waals surface area contributed by atoms with E-state index in [1.807, 2.05) is 36.5 Å². The maximum Gasteiger partial charge on any atom is 0.224 e. The Kier molecular flexibility index (Phi) is 4.24. The van der Waals surface area contributed by atoms with E-state index in [1.165, 1.54) is 0 Å². The van der Waals surface area contributed by atoms with Gasteiger partial charge in [0.15, 0.2) is 0 Å². The Morgan fingerprint density at radius 3 is 2.64 bits per heavy atom. The molecule has 0 unspecified atom stereocenters. The van der Waals surface area contributed by atoms with E-state index in [0.29, 0.717) is 13.0 Å². The van der Waals surface area contributed by atoms with Gasteiger partial charge in [0.05, 0.1) is 17.7 Å².